The Hall–Kier alpha value is -1.00. The molecule has 1 aromatic rings. The van der Waals surface area contributed by atoms with Crippen molar-refractivity contribution in [2.45, 2.75) is 45.8 Å². The van der Waals surface area contributed by atoms with Crippen LogP contribution in [0.1, 0.15) is 45.2 Å². The Kier molecular flexibility index (Phi) is 6.38. The molecule has 0 aliphatic rings. The Labute approximate surface area is 113 Å². The van der Waals surface area contributed by atoms with Gasteiger partial charge < -0.3 is 10.4 Å². The normalized spacial score (nSPS) is 14.7. The van der Waals surface area contributed by atoms with Gasteiger partial charge in [0.05, 0.1) is 6.10 Å². The van der Waals surface area contributed by atoms with Crippen LogP contribution in [0.5, 0.6) is 0 Å². The molecule has 0 heterocycles. The van der Waals surface area contributed by atoms with Crippen LogP contribution in [-0.2, 0) is 0 Å². The maximum Gasteiger partial charge on any atom is 0.163 e. The van der Waals surface area contributed by atoms with Gasteiger partial charge in [0.1, 0.15) is 0 Å². The minimum absolute atomic E-state index is 0.233. The number of hydrogen-bond donors (Lipinski definition) is 2. The number of rotatable bonds is 7. The van der Waals surface area contributed by atoms with E-state index in [2.05, 4.69) is 5.32 Å². The summed E-state index contributed by atoms with van der Waals surface area (Å²) in [6.45, 7) is 6.21. The highest BCUT2D eigenvalue weighted by atomic mass is 19.2. The summed E-state index contributed by atoms with van der Waals surface area (Å²) in [7, 11) is 0. The second kappa shape index (κ2) is 7.56. The van der Waals surface area contributed by atoms with Crippen molar-refractivity contribution in [1.29, 1.82) is 0 Å². The van der Waals surface area contributed by atoms with Crippen LogP contribution in [0, 0.1) is 17.6 Å². The number of aliphatic hydroxyl groups excluding tert-OH is 1. The van der Waals surface area contributed by atoms with Crippen LogP contribution in [0.2, 0.25) is 0 Å². The van der Waals surface area contributed by atoms with Gasteiger partial charge in [-0.3, -0.25) is 0 Å². The van der Waals surface area contributed by atoms with Crippen molar-refractivity contribution in [3.63, 3.8) is 0 Å². The van der Waals surface area contributed by atoms with E-state index in [0.29, 0.717) is 6.54 Å². The molecular formula is C15H23F2NO. The summed E-state index contributed by atoms with van der Waals surface area (Å²) in [6, 6.07) is 3.81. The van der Waals surface area contributed by atoms with Crippen molar-refractivity contribution in [2.75, 3.05) is 6.54 Å². The summed E-state index contributed by atoms with van der Waals surface area (Å²) in [4.78, 5) is 0. The predicted molar refractivity (Wildman–Crippen MR) is 72.9 cm³/mol. The molecule has 1 aromatic carbocycles. The minimum Gasteiger partial charge on any atom is -0.392 e. The van der Waals surface area contributed by atoms with Gasteiger partial charge in [0.2, 0.25) is 0 Å². The summed E-state index contributed by atoms with van der Waals surface area (Å²) in [5.74, 6) is -1.43. The van der Waals surface area contributed by atoms with Crippen molar-refractivity contribution >= 4 is 0 Å². The van der Waals surface area contributed by atoms with E-state index in [-0.39, 0.29) is 17.5 Å². The van der Waals surface area contributed by atoms with Gasteiger partial charge in [-0.15, -0.1) is 0 Å². The molecular weight excluding hydrogens is 248 g/mol. The summed E-state index contributed by atoms with van der Waals surface area (Å²) < 4.78 is 26.7. The highest BCUT2D eigenvalue weighted by Crippen LogP contribution is 2.19. The topological polar surface area (TPSA) is 32.3 Å². The monoisotopic (exact) mass is 271 g/mol. The van der Waals surface area contributed by atoms with Crippen LogP contribution in [0.4, 0.5) is 8.78 Å². The molecule has 1 rings (SSSR count). The lowest BCUT2D eigenvalue weighted by atomic mass is 9.96. The molecule has 108 valence electrons. The van der Waals surface area contributed by atoms with Gasteiger partial charge in [-0.2, -0.15) is 0 Å². The number of nitrogens with one attached hydrogen (secondary N) is 1. The fraction of sp³-hybridized carbons (Fsp3) is 0.600. The molecule has 0 fully saturated rings. The van der Waals surface area contributed by atoms with Gasteiger partial charge in [-0.1, -0.05) is 38.8 Å². The molecule has 2 atom stereocenters. The Balaban J connectivity index is 2.60. The number of hydrogen-bond acceptors (Lipinski definition) is 2. The molecule has 0 aliphatic heterocycles. The summed E-state index contributed by atoms with van der Waals surface area (Å²) in [5, 5.41) is 13.1. The average Bonchev–Trinajstić information content (AvgIpc) is 2.40. The van der Waals surface area contributed by atoms with Gasteiger partial charge >= 0.3 is 0 Å². The molecule has 0 spiro atoms. The fourth-order valence-electron chi connectivity index (χ4n) is 2.26. The molecule has 0 aliphatic carbocycles. The standard InChI is InChI=1S/C15H23F2NO/c1-4-11(5-2)14(19)9-18-10(3)12-7-6-8-13(16)15(12)17/h6-8,10-11,14,18-19H,4-5,9H2,1-3H3. The first-order valence-corrected chi connectivity index (χ1v) is 6.86. The second-order valence-corrected chi connectivity index (χ2v) is 4.92. The zero-order valence-corrected chi connectivity index (χ0v) is 11.8. The van der Waals surface area contributed by atoms with Crippen LogP contribution in [0.15, 0.2) is 18.2 Å². The van der Waals surface area contributed by atoms with E-state index in [9.17, 15) is 13.9 Å². The number of benzene rings is 1. The maximum absolute atomic E-state index is 13.6. The van der Waals surface area contributed by atoms with Crippen LogP contribution in [-0.4, -0.2) is 17.8 Å². The average molecular weight is 271 g/mol. The highest BCUT2D eigenvalue weighted by molar-refractivity contribution is 5.21. The van der Waals surface area contributed by atoms with Crippen LogP contribution in [0.25, 0.3) is 0 Å². The van der Waals surface area contributed by atoms with E-state index in [1.165, 1.54) is 6.07 Å². The summed E-state index contributed by atoms with van der Waals surface area (Å²) in [6.07, 6.45) is 1.35. The predicted octanol–water partition coefficient (Wildman–Crippen LogP) is 3.41. The largest absolute Gasteiger partial charge is 0.392 e. The minimum atomic E-state index is -0.841. The van der Waals surface area contributed by atoms with Gasteiger partial charge in [0.25, 0.3) is 0 Å². The van der Waals surface area contributed by atoms with Crippen LogP contribution in [0.3, 0.4) is 0 Å². The van der Waals surface area contributed by atoms with Crippen molar-refractivity contribution in [3.05, 3.63) is 35.4 Å². The highest BCUT2D eigenvalue weighted by Gasteiger charge is 2.18. The first-order valence-electron chi connectivity index (χ1n) is 6.86. The Morgan fingerprint density at radius 3 is 2.42 bits per heavy atom. The van der Waals surface area contributed by atoms with Crippen molar-refractivity contribution < 1.29 is 13.9 Å². The van der Waals surface area contributed by atoms with E-state index in [4.69, 9.17) is 0 Å². The Morgan fingerprint density at radius 1 is 1.21 bits per heavy atom. The zero-order chi connectivity index (χ0) is 14.4. The third-order valence-corrected chi connectivity index (χ3v) is 3.67. The molecule has 0 amide bonds. The molecule has 19 heavy (non-hydrogen) atoms. The first-order chi connectivity index (χ1) is 9.01. The molecule has 0 aromatic heterocycles. The molecule has 4 heteroatoms. The summed E-state index contributed by atoms with van der Waals surface area (Å²) >= 11 is 0. The maximum atomic E-state index is 13.6. The SMILES string of the molecule is CCC(CC)C(O)CNC(C)c1cccc(F)c1F. The van der Waals surface area contributed by atoms with E-state index >= 15 is 0 Å². The van der Waals surface area contributed by atoms with Gasteiger partial charge in [0.15, 0.2) is 11.6 Å². The van der Waals surface area contributed by atoms with E-state index in [1.54, 1.807) is 13.0 Å². The Bertz CT molecular complexity index is 394. The van der Waals surface area contributed by atoms with Gasteiger partial charge in [0, 0.05) is 18.2 Å². The lowest BCUT2D eigenvalue weighted by molar-refractivity contribution is 0.0987. The lowest BCUT2D eigenvalue weighted by Crippen LogP contribution is -2.34. The van der Waals surface area contributed by atoms with E-state index < -0.39 is 17.7 Å². The third kappa shape index (κ3) is 4.25. The van der Waals surface area contributed by atoms with Crippen LogP contribution >= 0.6 is 0 Å². The molecule has 2 unspecified atom stereocenters. The van der Waals surface area contributed by atoms with E-state index in [0.717, 1.165) is 18.9 Å². The van der Waals surface area contributed by atoms with Gasteiger partial charge in [-0.05, 0) is 18.9 Å². The Morgan fingerprint density at radius 2 is 1.84 bits per heavy atom. The zero-order valence-electron chi connectivity index (χ0n) is 11.8. The lowest BCUT2D eigenvalue weighted by Gasteiger charge is -2.23. The molecule has 2 nitrogen and oxygen atoms in total. The van der Waals surface area contributed by atoms with Crippen molar-refractivity contribution in [2.24, 2.45) is 5.92 Å². The molecule has 0 saturated carbocycles. The molecule has 2 N–H and O–H groups in total. The van der Waals surface area contributed by atoms with Crippen molar-refractivity contribution in [3.8, 4) is 0 Å². The van der Waals surface area contributed by atoms with Crippen molar-refractivity contribution in [1.82, 2.24) is 5.32 Å². The first kappa shape index (κ1) is 16.1. The number of halogens is 2. The molecule has 0 bridgehead atoms. The molecule has 0 saturated heterocycles. The summed E-state index contributed by atoms with van der Waals surface area (Å²) in [5.41, 5.74) is 0.289. The smallest absolute Gasteiger partial charge is 0.163 e. The second-order valence-electron chi connectivity index (χ2n) is 4.92. The third-order valence-electron chi connectivity index (χ3n) is 3.67. The molecule has 0 radical (unpaired) electrons. The quantitative estimate of drug-likeness (QED) is 0.796. The van der Waals surface area contributed by atoms with Crippen LogP contribution < -0.4 is 5.32 Å². The number of aliphatic hydroxyl groups is 1. The fourth-order valence-corrected chi connectivity index (χ4v) is 2.26. The van der Waals surface area contributed by atoms with Gasteiger partial charge in [-0.25, -0.2) is 8.78 Å². The van der Waals surface area contributed by atoms with E-state index in [1.807, 2.05) is 13.8 Å².